The highest BCUT2D eigenvalue weighted by atomic mass is 19.1. The first-order valence-corrected chi connectivity index (χ1v) is 11.2. The molecule has 1 aromatic carbocycles. The van der Waals surface area contributed by atoms with E-state index in [-0.39, 0.29) is 35.1 Å². The number of ether oxygens (including phenoxy) is 1. The molecule has 0 saturated heterocycles. The Morgan fingerprint density at radius 3 is 2.50 bits per heavy atom. The third kappa shape index (κ3) is 4.99. The minimum absolute atomic E-state index is 0.0405. The van der Waals surface area contributed by atoms with Crippen molar-refractivity contribution in [3.8, 4) is 22.8 Å². The molecule has 186 valence electrons. The minimum Gasteiger partial charge on any atom is -0.471 e. The number of rotatable bonds is 6. The molecule has 3 aromatic heterocycles. The van der Waals surface area contributed by atoms with Gasteiger partial charge in [-0.2, -0.15) is 4.98 Å². The smallest absolute Gasteiger partial charge is 0.264 e. The Balaban J connectivity index is 1.72. The summed E-state index contributed by atoms with van der Waals surface area (Å²) in [5.41, 5.74) is 1.31. The summed E-state index contributed by atoms with van der Waals surface area (Å²) in [6, 6.07) is 8.00. The van der Waals surface area contributed by atoms with Crippen molar-refractivity contribution in [2.75, 3.05) is 0 Å². The zero-order chi connectivity index (χ0) is 26.2. The molecule has 0 radical (unpaired) electrons. The Kier molecular flexibility index (Phi) is 6.64. The van der Waals surface area contributed by atoms with Gasteiger partial charge in [0.05, 0.1) is 23.1 Å². The van der Waals surface area contributed by atoms with E-state index < -0.39 is 17.2 Å². The van der Waals surface area contributed by atoms with Crippen LogP contribution in [0.1, 0.15) is 42.3 Å². The van der Waals surface area contributed by atoms with Crippen LogP contribution in [0.25, 0.3) is 16.9 Å². The first kappa shape index (κ1) is 25.1. The summed E-state index contributed by atoms with van der Waals surface area (Å²) < 4.78 is 34.1. The fraction of sp³-hybridized carbons (Fsp3) is 0.269. The molecule has 0 amide bonds. The molecule has 0 fully saturated rings. The molecule has 1 N–H and O–H groups in total. The average Bonchev–Trinajstić information content (AvgIpc) is 2.82. The number of aliphatic hydroxyl groups is 1. The number of halogens is 2. The number of aryl methyl sites for hydroxylation is 2. The van der Waals surface area contributed by atoms with E-state index in [4.69, 9.17) is 4.74 Å². The number of nitrogens with zero attached hydrogens (tertiary/aromatic N) is 5. The molecule has 0 aliphatic heterocycles. The third-order valence-corrected chi connectivity index (χ3v) is 5.61. The molecule has 0 bridgehead atoms. The van der Waals surface area contributed by atoms with Gasteiger partial charge in [-0.05, 0) is 52.3 Å². The first-order valence-electron chi connectivity index (χ1n) is 11.2. The monoisotopic (exact) mass is 493 g/mol. The van der Waals surface area contributed by atoms with Crippen LogP contribution < -0.4 is 10.3 Å². The topological polar surface area (TPSA) is 103 Å². The van der Waals surface area contributed by atoms with E-state index in [9.17, 15) is 18.7 Å². The van der Waals surface area contributed by atoms with Crippen LogP contribution in [-0.2, 0) is 12.2 Å². The molecule has 0 saturated carbocycles. The summed E-state index contributed by atoms with van der Waals surface area (Å²) in [7, 11) is 0. The molecule has 4 aromatic rings. The van der Waals surface area contributed by atoms with Crippen LogP contribution >= 0.6 is 0 Å². The number of hydrogen-bond acceptors (Lipinski definition) is 7. The van der Waals surface area contributed by atoms with E-state index in [2.05, 4.69) is 19.9 Å². The van der Waals surface area contributed by atoms with Crippen molar-refractivity contribution < 1.29 is 18.6 Å². The second-order valence-corrected chi connectivity index (χ2v) is 8.93. The average molecular weight is 494 g/mol. The van der Waals surface area contributed by atoms with Crippen LogP contribution in [0.3, 0.4) is 0 Å². The van der Waals surface area contributed by atoms with Crippen molar-refractivity contribution in [1.29, 1.82) is 0 Å². The van der Waals surface area contributed by atoms with Crippen LogP contribution in [0.5, 0.6) is 5.88 Å². The van der Waals surface area contributed by atoms with E-state index in [0.29, 0.717) is 23.3 Å². The van der Waals surface area contributed by atoms with E-state index >= 15 is 0 Å². The molecule has 10 heteroatoms. The van der Waals surface area contributed by atoms with Gasteiger partial charge in [-0.25, -0.2) is 18.7 Å². The van der Waals surface area contributed by atoms with Crippen LogP contribution in [0.4, 0.5) is 8.78 Å². The third-order valence-electron chi connectivity index (χ3n) is 5.61. The number of benzene rings is 1. The van der Waals surface area contributed by atoms with Crippen molar-refractivity contribution >= 4 is 0 Å². The Labute approximate surface area is 206 Å². The van der Waals surface area contributed by atoms with Crippen LogP contribution in [0.15, 0.2) is 47.5 Å². The highest BCUT2D eigenvalue weighted by Gasteiger charge is 2.21. The highest BCUT2D eigenvalue weighted by Crippen LogP contribution is 2.26. The molecule has 3 heterocycles. The lowest BCUT2D eigenvalue weighted by Crippen LogP contribution is -2.26. The van der Waals surface area contributed by atoms with Crippen molar-refractivity contribution in [2.24, 2.45) is 0 Å². The Hall–Kier alpha value is -4.05. The van der Waals surface area contributed by atoms with Gasteiger partial charge in [0.1, 0.15) is 29.5 Å². The molecule has 8 nitrogen and oxygen atoms in total. The second kappa shape index (κ2) is 9.54. The zero-order valence-corrected chi connectivity index (χ0v) is 20.5. The molecular formula is C26H25F2N5O3. The van der Waals surface area contributed by atoms with E-state index in [1.165, 1.54) is 4.57 Å². The van der Waals surface area contributed by atoms with E-state index in [0.717, 1.165) is 17.3 Å². The Morgan fingerprint density at radius 1 is 1.06 bits per heavy atom. The van der Waals surface area contributed by atoms with Gasteiger partial charge in [-0.15, -0.1) is 0 Å². The zero-order valence-electron chi connectivity index (χ0n) is 20.5. The van der Waals surface area contributed by atoms with Gasteiger partial charge in [-0.3, -0.25) is 14.3 Å². The van der Waals surface area contributed by atoms with E-state index in [1.807, 2.05) is 25.1 Å². The molecule has 4 rings (SSSR count). The maximum absolute atomic E-state index is 13.9. The predicted octanol–water partition coefficient (Wildman–Crippen LogP) is 4.09. The number of aromatic nitrogens is 5. The normalized spacial score (nSPS) is 11.6. The molecule has 0 aliphatic rings. The highest BCUT2D eigenvalue weighted by molar-refractivity contribution is 5.64. The van der Waals surface area contributed by atoms with E-state index in [1.54, 1.807) is 40.0 Å². The van der Waals surface area contributed by atoms with Crippen LogP contribution in [-0.4, -0.2) is 29.6 Å². The summed E-state index contributed by atoms with van der Waals surface area (Å²) in [5.74, 6) is -0.962. The lowest BCUT2D eigenvalue weighted by Gasteiger charge is -2.18. The summed E-state index contributed by atoms with van der Waals surface area (Å²) in [6.07, 6.45) is 2.46. The lowest BCUT2D eigenvalue weighted by atomic mass is 10.1. The number of pyridine rings is 1. The van der Waals surface area contributed by atoms with Crippen LogP contribution in [0, 0.1) is 32.4 Å². The molecule has 0 spiro atoms. The Bertz CT molecular complexity index is 1510. The summed E-state index contributed by atoms with van der Waals surface area (Å²) in [4.78, 5) is 30.1. The minimum atomic E-state index is -1.21. The Morgan fingerprint density at radius 2 is 1.81 bits per heavy atom. The molecule has 0 aliphatic carbocycles. The maximum atomic E-state index is 13.9. The van der Waals surface area contributed by atoms with Crippen molar-refractivity contribution in [3.05, 3.63) is 93.2 Å². The van der Waals surface area contributed by atoms with Crippen molar-refractivity contribution in [2.45, 2.75) is 46.8 Å². The van der Waals surface area contributed by atoms with Gasteiger partial charge in [-0.1, -0.05) is 12.1 Å². The molecule has 36 heavy (non-hydrogen) atoms. The molecular weight excluding hydrogens is 468 g/mol. The van der Waals surface area contributed by atoms with Gasteiger partial charge in [0, 0.05) is 17.8 Å². The predicted molar refractivity (Wildman–Crippen MR) is 129 cm³/mol. The van der Waals surface area contributed by atoms with Gasteiger partial charge in [0.25, 0.3) is 5.56 Å². The fourth-order valence-corrected chi connectivity index (χ4v) is 3.62. The fourth-order valence-electron chi connectivity index (χ4n) is 3.62. The summed E-state index contributed by atoms with van der Waals surface area (Å²) >= 11 is 0. The lowest BCUT2D eigenvalue weighted by molar-refractivity contribution is 0.0688. The molecule has 0 atom stereocenters. The SMILES string of the molecule is Cc1ccc(-c2ccnc(C(C)(C)O)n2)cc1-n1c(C)nc(OCc2ncc(F)cc2F)c(C)c1=O. The largest absolute Gasteiger partial charge is 0.471 e. The first-order chi connectivity index (χ1) is 17.0. The number of hydrogen-bond donors (Lipinski definition) is 1. The van der Waals surface area contributed by atoms with Crippen molar-refractivity contribution in [3.63, 3.8) is 0 Å². The van der Waals surface area contributed by atoms with Gasteiger partial charge in [0.2, 0.25) is 5.88 Å². The standard InChI is InChI=1S/C26H25F2N5O3/c1-14-6-7-17(20-8-9-29-25(32-20)26(4,5)35)10-22(14)33-16(3)31-23(15(2)24(33)34)36-13-21-19(28)11-18(27)12-30-21/h6-12,35H,13H2,1-5H3. The quantitative estimate of drug-likeness (QED) is 0.431. The van der Waals surface area contributed by atoms with Gasteiger partial charge < -0.3 is 9.84 Å². The maximum Gasteiger partial charge on any atom is 0.264 e. The second-order valence-electron chi connectivity index (χ2n) is 8.93. The summed E-state index contributed by atoms with van der Waals surface area (Å²) in [6.45, 7) is 7.99. The van der Waals surface area contributed by atoms with Crippen molar-refractivity contribution in [1.82, 2.24) is 24.5 Å². The molecule has 0 unspecified atom stereocenters. The summed E-state index contributed by atoms with van der Waals surface area (Å²) in [5, 5.41) is 10.3. The van der Waals surface area contributed by atoms with Crippen LogP contribution in [0.2, 0.25) is 0 Å². The van der Waals surface area contributed by atoms with Gasteiger partial charge in [0.15, 0.2) is 11.6 Å². The van der Waals surface area contributed by atoms with Gasteiger partial charge >= 0.3 is 0 Å².